The lowest BCUT2D eigenvalue weighted by Crippen LogP contribution is -2.12. The smallest absolute Gasteiger partial charge is 0.137 e. The summed E-state index contributed by atoms with van der Waals surface area (Å²) in [6, 6.07) is 5.03. The Kier molecular flexibility index (Phi) is 5.42. The van der Waals surface area contributed by atoms with E-state index in [2.05, 4.69) is 29.8 Å². The highest BCUT2D eigenvalue weighted by Crippen LogP contribution is 2.21. The summed E-state index contributed by atoms with van der Waals surface area (Å²) in [5.74, 6) is 0.589. The van der Waals surface area contributed by atoms with Gasteiger partial charge < -0.3 is 5.11 Å². The summed E-state index contributed by atoms with van der Waals surface area (Å²) in [6.07, 6.45) is 1.79. The van der Waals surface area contributed by atoms with Crippen LogP contribution in [0.2, 0.25) is 0 Å². The second kappa shape index (κ2) is 6.36. The normalized spacial score (nSPS) is 13.1. The lowest BCUT2D eigenvalue weighted by Gasteiger charge is -2.16. The molecule has 0 saturated carbocycles. The molecule has 1 unspecified atom stereocenters. The van der Waals surface area contributed by atoms with Crippen LogP contribution < -0.4 is 0 Å². The topological polar surface area (TPSA) is 20.2 Å². The second-order valence-corrected chi connectivity index (χ2v) is 5.49. The zero-order valence-corrected chi connectivity index (χ0v) is 11.3. The predicted octanol–water partition coefficient (Wildman–Crippen LogP) is 3.79. The van der Waals surface area contributed by atoms with Crippen LogP contribution in [0.15, 0.2) is 22.7 Å². The quantitative estimate of drug-likeness (QED) is 0.874. The molecule has 1 rings (SSSR count). The van der Waals surface area contributed by atoms with Crippen molar-refractivity contribution in [3.63, 3.8) is 0 Å². The summed E-state index contributed by atoms with van der Waals surface area (Å²) in [6.45, 7) is 4.47. The Morgan fingerprint density at radius 1 is 1.38 bits per heavy atom. The molecular formula is C13H18BrFO. The van der Waals surface area contributed by atoms with E-state index in [4.69, 9.17) is 0 Å². The Hall–Kier alpha value is -0.410. The minimum Gasteiger partial charge on any atom is -0.396 e. The van der Waals surface area contributed by atoms with E-state index in [1.807, 2.05) is 0 Å². The van der Waals surface area contributed by atoms with Gasteiger partial charge in [0.25, 0.3) is 0 Å². The number of hydrogen-bond acceptors (Lipinski definition) is 1. The molecule has 1 aromatic rings. The molecule has 0 aliphatic rings. The van der Waals surface area contributed by atoms with Crippen molar-refractivity contribution in [1.82, 2.24) is 0 Å². The Labute approximate surface area is 105 Å². The number of benzene rings is 1. The van der Waals surface area contributed by atoms with E-state index >= 15 is 0 Å². The average Bonchev–Trinajstić information content (AvgIpc) is 2.22. The maximum atomic E-state index is 13.0. The van der Waals surface area contributed by atoms with E-state index in [1.54, 1.807) is 12.1 Å². The van der Waals surface area contributed by atoms with E-state index in [-0.39, 0.29) is 18.3 Å². The van der Waals surface area contributed by atoms with Crippen LogP contribution in [-0.4, -0.2) is 11.7 Å². The van der Waals surface area contributed by atoms with E-state index in [9.17, 15) is 9.50 Å². The molecule has 0 amide bonds. The molecule has 0 saturated heterocycles. The molecule has 0 bridgehead atoms. The van der Waals surface area contributed by atoms with Gasteiger partial charge >= 0.3 is 0 Å². The maximum absolute atomic E-state index is 13.0. The highest BCUT2D eigenvalue weighted by atomic mass is 79.9. The van der Waals surface area contributed by atoms with E-state index in [1.165, 1.54) is 6.07 Å². The highest BCUT2D eigenvalue weighted by molar-refractivity contribution is 9.10. The Bertz CT molecular complexity index is 339. The molecule has 0 fully saturated rings. The fraction of sp³-hybridized carbons (Fsp3) is 0.538. The fourth-order valence-electron chi connectivity index (χ4n) is 1.89. The third-order valence-electron chi connectivity index (χ3n) is 2.57. The SMILES string of the molecule is CC(C)CC(CO)Cc1ccc(F)c(Br)c1. The highest BCUT2D eigenvalue weighted by Gasteiger charge is 2.11. The lowest BCUT2D eigenvalue weighted by atomic mass is 9.92. The molecule has 0 aliphatic carbocycles. The summed E-state index contributed by atoms with van der Waals surface area (Å²) in [5.41, 5.74) is 1.06. The van der Waals surface area contributed by atoms with E-state index < -0.39 is 0 Å². The standard InChI is InChI=1S/C13H18BrFO/c1-9(2)5-11(8-16)6-10-3-4-13(15)12(14)7-10/h3-4,7,9,11,16H,5-6,8H2,1-2H3. The molecule has 3 heteroatoms. The predicted molar refractivity (Wildman–Crippen MR) is 67.8 cm³/mol. The molecular weight excluding hydrogens is 271 g/mol. The minimum absolute atomic E-state index is 0.188. The van der Waals surface area contributed by atoms with Crippen LogP contribution in [-0.2, 0) is 6.42 Å². The lowest BCUT2D eigenvalue weighted by molar-refractivity contribution is 0.205. The van der Waals surface area contributed by atoms with Crippen LogP contribution in [0.1, 0.15) is 25.8 Å². The van der Waals surface area contributed by atoms with Crippen LogP contribution in [0.4, 0.5) is 4.39 Å². The van der Waals surface area contributed by atoms with Crippen LogP contribution in [0.25, 0.3) is 0 Å². The third kappa shape index (κ3) is 4.22. The van der Waals surface area contributed by atoms with Gasteiger partial charge in [-0.2, -0.15) is 0 Å². The van der Waals surface area contributed by atoms with Gasteiger partial charge in [0.2, 0.25) is 0 Å². The molecule has 1 N–H and O–H groups in total. The number of halogens is 2. The van der Waals surface area contributed by atoms with Crippen molar-refractivity contribution in [3.8, 4) is 0 Å². The number of rotatable bonds is 5. The van der Waals surface area contributed by atoms with Gasteiger partial charge in [0.1, 0.15) is 5.82 Å². The molecule has 1 aromatic carbocycles. The first-order valence-electron chi connectivity index (χ1n) is 5.57. The van der Waals surface area contributed by atoms with Crippen LogP contribution in [0.5, 0.6) is 0 Å². The molecule has 0 aromatic heterocycles. The Balaban J connectivity index is 2.66. The summed E-state index contributed by atoms with van der Waals surface area (Å²) >= 11 is 3.17. The third-order valence-corrected chi connectivity index (χ3v) is 3.18. The van der Waals surface area contributed by atoms with Gasteiger partial charge in [-0.15, -0.1) is 0 Å². The Morgan fingerprint density at radius 2 is 2.06 bits per heavy atom. The van der Waals surface area contributed by atoms with Crippen LogP contribution >= 0.6 is 15.9 Å². The minimum atomic E-state index is -0.242. The van der Waals surface area contributed by atoms with Gasteiger partial charge in [-0.1, -0.05) is 19.9 Å². The summed E-state index contributed by atoms with van der Waals surface area (Å²) in [4.78, 5) is 0. The zero-order valence-electron chi connectivity index (χ0n) is 9.71. The molecule has 0 aliphatic heterocycles. The first-order chi connectivity index (χ1) is 7.52. The summed E-state index contributed by atoms with van der Waals surface area (Å²) in [7, 11) is 0. The molecule has 0 heterocycles. The molecule has 0 radical (unpaired) electrons. The number of aliphatic hydroxyl groups excluding tert-OH is 1. The van der Waals surface area contributed by atoms with Gasteiger partial charge in [0.15, 0.2) is 0 Å². The van der Waals surface area contributed by atoms with E-state index in [0.717, 1.165) is 18.4 Å². The first-order valence-corrected chi connectivity index (χ1v) is 6.37. The Morgan fingerprint density at radius 3 is 2.56 bits per heavy atom. The molecule has 1 nitrogen and oxygen atoms in total. The molecule has 1 atom stereocenters. The molecule has 16 heavy (non-hydrogen) atoms. The van der Waals surface area contributed by atoms with Gasteiger partial charge in [-0.25, -0.2) is 4.39 Å². The van der Waals surface area contributed by atoms with Crippen LogP contribution in [0.3, 0.4) is 0 Å². The van der Waals surface area contributed by atoms with Crippen molar-refractivity contribution in [2.75, 3.05) is 6.61 Å². The van der Waals surface area contributed by atoms with Crippen molar-refractivity contribution >= 4 is 15.9 Å². The molecule has 90 valence electrons. The van der Waals surface area contributed by atoms with Crippen molar-refractivity contribution < 1.29 is 9.50 Å². The van der Waals surface area contributed by atoms with Gasteiger partial charge in [0, 0.05) is 6.61 Å². The van der Waals surface area contributed by atoms with Crippen molar-refractivity contribution in [3.05, 3.63) is 34.1 Å². The van der Waals surface area contributed by atoms with Gasteiger partial charge in [-0.05, 0) is 58.3 Å². The van der Waals surface area contributed by atoms with Crippen molar-refractivity contribution in [2.45, 2.75) is 26.7 Å². The summed E-state index contributed by atoms with van der Waals surface area (Å²) in [5, 5.41) is 9.27. The van der Waals surface area contributed by atoms with Gasteiger partial charge in [-0.3, -0.25) is 0 Å². The maximum Gasteiger partial charge on any atom is 0.137 e. The van der Waals surface area contributed by atoms with Crippen molar-refractivity contribution in [2.24, 2.45) is 11.8 Å². The van der Waals surface area contributed by atoms with Gasteiger partial charge in [0.05, 0.1) is 4.47 Å². The number of hydrogen-bond donors (Lipinski definition) is 1. The number of aliphatic hydroxyl groups is 1. The largest absolute Gasteiger partial charge is 0.396 e. The summed E-state index contributed by atoms with van der Waals surface area (Å²) < 4.78 is 13.5. The second-order valence-electron chi connectivity index (χ2n) is 4.63. The van der Waals surface area contributed by atoms with Crippen LogP contribution in [0, 0.1) is 17.7 Å². The zero-order chi connectivity index (χ0) is 12.1. The fourth-order valence-corrected chi connectivity index (χ4v) is 2.32. The van der Waals surface area contributed by atoms with Crippen molar-refractivity contribution in [1.29, 1.82) is 0 Å². The first kappa shape index (κ1) is 13.7. The molecule has 0 spiro atoms. The average molecular weight is 289 g/mol. The monoisotopic (exact) mass is 288 g/mol. The van der Waals surface area contributed by atoms with E-state index in [0.29, 0.717) is 10.4 Å².